The quantitative estimate of drug-likeness (QED) is 0.00889. The summed E-state index contributed by atoms with van der Waals surface area (Å²) in [5, 5.41) is 102. The Hall–Kier alpha value is -3.05. The molecule has 0 aromatic heterocycles. The van der Waals surface area contributed by atoms with E-state index in [2.05, 4.69) is 52.0 Å². The molecule has 668 valence electrons. The molecule has 0 radical (unpaired) electrons. The fourth-order valence-corrected chi connectivity index (χ4v) is 15.9. The molecular weight excluding hydrogens is 1490 g/mol. The Morgan fingerprint density at radius 3 is 1.05 bits per heavy atom. The minimum Gasteiger partial charge on any atom is -0.463 e. The maximum absolute atomic E-state index is 14.9. The Bertz CT molecular complexity index is 2480. The van der Waals surface area contributed by atoms with Crippen LogP contribution >= 0.6 is 7.82 Å². The maximum atomic E-state index is 14.9. The monoisotopic (exact) mass is 1650 g/mol. The summed E-state index contributed by atoms with van der Waals surface area (Å²) in [4.78, 5) is 66.3. The van der Waals surface area contributed by atoms with Crippen molar-refractivity contribution in [3.63, 3.8) is 0 Å². The molecule has 3 aliphatic rings. The van der Waals surface area contributed by atoms with Crippen molar-refractivity contribution in [1.29, 1.82) is 0 Å². The highest BCUT2D eigenvalue weighted by Gasteiger charge is 2.60. The van der Waals surface area contributed by atoms with E-state index in [-0.39, 0.29) is 25.7 Å². The molecule has 0 spiro atoms. The zero-order chi connectivity index (χ0) is 83.2. The molecule has 18 unspecified atom stereocenters. The number of rotatable bonds is 73. The van der Waals surface area contributed by atoms with Gasteiger partial charge in [0.05, 0.1) is 13.2 Å². The first kappa shape index (κ1) is 105. The molecule has 26 heteroatoms. The van der Waals surface area contributed by atoms with E-state index in [1.54, 1.807) is 0 Å². The van der Waals surface area contributed by atoms with Gasteiger partial charge in [0.25, 0.3) is 0 Å². The summed E-state index contributed by atoms with van der Waals surface area (Å²) in [5.41, 5.74) is 0. The Labute approximate surface area is 685 Å². The number of unbranched alkanes of at least 4 members (excludes halogenated alkanes) is 45. The molecule has 2 saturated heterocycles. The van der Waals surface area contributed by atoms with Crippen molar-refractivity contribution in [1.82, 2.24) is 0 Å². The van der Waals surface area contributed by atoms with Crippen LogP contribution in [0, 0.1) is 0 Å². The van der Waals surface area contributed by atoms with Gasteiger partial charge in [-0.1, -0.05) is 302 Å². The summed E-state index contributed by atoms with van der Waals surface area (Å²) >= 11 is 0. The summed E-state index contributed by atoms with van der Waals surface area (Å²) in [6.45, 7) is 5.53. The van der Waals surface area contributed by atoms with Gasteiger partial charge in [-0.3, -0.25) is 28.2 Å². The van der Waals surface area contributed by atoms with Crippen LogP contribution in [0.4, 0.5) is 0 Å². The summed E-state index contributed by atoms with van der Waals surface area (Å²) in [7, 11) is -5.81. The number of hydrogen-bond donors (Lipinski definition) is 10. The van der Waals surface area contributed by atoms with Gasteiger partial charge in [-0.2, -0.15) is 0 Å². The smallest absolute Gasteiger partial charge is 0.463 e. The summed E-state index contributed by atoms with van der Waals surface area (Å²) in [6, 6.07) is 0. The van der Waals surface area contributed by atoms with Gasteiger partial charge in [-0.25, -0.2) is 4.57 Å². The Balaban J connectivity index is 1.93. The number of esters is 4. The summed E-state index contributed by atoms with van der Waals surface area (Å²) in [5.74, 6) is -3.00. The van der Waals surface area contributed by atoms with Gasteiger partial charge in [0.1, 0.15) is 92.6 Å². The first-order chi connectivity index (χ1) is 55.2. The third-order valence-electron chi connectivity index (χ3n) is 22.2. The van der Waals surface area contributed by atoms with E-state index in [0.717, 1.165) is 122 Å². The third kappa shape index (κ3) is 47.8. The average molecular weight is 1650 g/mol. The minimum absolute atomic E-state index is 0.0110. The van der Waals surface area contributed by atoms with Crippen LogP contribution in [0.1, 0.15) is 381 Å². The van der Waals surface area contributed by atoms with Crippen molar-refractivity contribution in [2.24, 2.45) is 0 Å². The van der Waals surface area contributed by atoms with Crippen molar-refractivity contribution in [3.8, 4) is 0 Å². The second-order valence-electron chi connectivity index (χ2n) is 32.5. The lowest BCUT2D eigenvalue weighted by Gasteiger charge is -2.50. The molecule has 0 aromatic carbocycles. The lowest BCUT2D eigenvalue weighted by atomic mass is 9.84. The summed E-state index contributed by atoms with van der Waals surface area (Å²) in [6.07, 6.45) is 26.3. The molecule has 3 rings (SSSR count). The highest BCUT2D eigenvalue weighted by atomic mass is 31.2. The molecule has 1 aliphatic carbocycles. The van der Waals surface area contributed by atoms with E-state index in [0.29, 0.717) is 38.5 Å². The zero-order valence-corrected chi connectivity index (χ0v) is 71.8. The van der Waals surface area contributed by atoms with Gasteiger partial charge in [0, 0.05) is 25.7 Å². The van der Waals surface area contributed by atoms with Gasteiger partial charge in [0.15, 0.2) is 24.8 Å². The molecule has 10 N–H and O–H groups in total. The molecule has 2 heterocycles. The van der Waals surface area contributed by atoms with Crippen LogP contribution in [-0.4, -0.2) is 205 Å². The molecule has 18 atom stereocenters. The molecule has 25 nitrogen and oxygen atoms in total. The second-order valence-corrected chi connectivity index (χ2v) is 33.9. The fraction of sp³-hybridized carbons (Fsp3) is 0.909. The van der Waals surface area contributed by atoms with E-state index >= 15 is 0 Å². The number of allylic oxidation sites excluding steroid dienone is 4. The number of carbonyl (C=O) groups excluding carboxylic acids is 4. The number of phosphoric acid groups is 1. The minimum atomic E-state index is -5.81. The number of aliphatic hydroxyl groups excluding tert-OH is 9. The van der Waals surface area contributed by atoms with Crippen molar-refractivity contribution in [2.45, 2.75) is 485 Å². The van der Waals surface area contributed by atoms with Gasteiger partial charge >= 0.3 is 31.7 Å². The van der Waals surface area contributed by atoms with Crippen LogP contribution < -0.4 is 0 Å². The third-order valence-corrected chi connectivity index (χ3v) is 23.2. The van der Waals surface area contributed by atoms with Crippen LogP contribution in [0.3, 0.4) is 0 Å². The molecule has 3 fully saturated rings. The zero-order valence-electron chi connectivity index (χ0n) is 70.9. The molecular formula is C88H161O25P. The number of aliphatic hydroxyl groups is 9. The highest BCUT2D eigenvalue weighted by molar-refractivity contribution is 7.47. The Kier molecular flexibility index (Phi) is 62.3. The molecule has 2 aliphatic heterocycles. The number of ether oxygens (including phenoxy) is 8. The first-order valence-corrected chi connectivity index (χ1v) is 47.1. The highest BCUT2D eigenvalue weighted by Crippen LogP contribution is 2.49. The first-order valence-electron chi connectivity index (χ1n) is 45.6. The topological polar surface area (TPSA) is 380 Å². The van der Waals surface area contributed by atoms with Crippen LogP contribution in [-0.2, 0) is 70.7 Å². The second kappa shape index (κ2) is 67.6. The molecule has 114 heavy (non-hydrogen) atoms. The SMILES string of the molecule is CCCCCCCC/C=C\CCCCCC(=O)OCC(COP(=O)(O)OC1C(OC2OC(CO)C(O)C(O)C2O)C(O)C(O)C(OC(=O)CCCCCCCCCCCCCCC)C1OC1OC(COC(=O)CCCCCCCCCCCCCCCCCC)C(O)C(O)C1O)OC(=O)CCCCC/C=C\CCCCCCCC. The van der Waals surface area contributed by atoms with Crippen LogP contribution in [0.5, 0.6) is 0 Å². The normalized spacial score (nSPS) is 25.5. The molecule has 0 bridgehead atoms. The van der Waals surface area contributed by atoms with Gasteiger partial charge in [-0.15, -0.1) is 0 Å². The van der Waals surface area contributed by atoms with Crippen LogP contribution in [0.2, 0.25) is 0 Å². The van der Waals surface area contributed by atoms with Crippen molar-refractivity contribution in [2.75, 3.05) is 26.4 Å². The van der Waals surface area contributed by atoms with E-state index in [4.69, 9.17) is 46.9 Å². The van der Waals surface area contributed by atoms with E-state index in [1.807, 2.05) is 0 Å². The standard InChI is InChI=1S/C88H161O25P/c1-5-9-13-17-21-25-29-33-34-35-39-41-45-49-53-57-61-72(91)105-67-70-76(95)78(97)82(101)88(109-70)112-85-83(110-74(93)63-59-55-51-47-43-38-32-28-24-20-16-12-8-4)79(98)80(99)84(111-87-81(100)77(96)75(94)69(64-89)108-87)86(85)113-114(102,103)106-66-68(107-73(92)62-58-54-50-46-42-37-31-27-23-19-15-11-7-3)65-104-71(90)60-56-52-48-44-40-36-30-26-22-18-14-10-6-2/h36-37,40,42,68-70,75-89,94-101H,5-35,38-39,41,43-67H2,1-4H3,(H,102,103)/b40-36-,42-37-. The summed E-state index contributed by atoms with van der Waals surface area (Å²) < 4.78 is 73.2. The van der Waals surface area contributed by atoms with Gasteiger partial charge in [-0.05, 0) is 77.0 Å². The Morgan fingerprint density at radius 1 is 0.342 bits per heavy atom. The number of phosphoric ester groups is 1. The van der Waals surface area contributed by atoms with Gasteiger partial charge < -0.3 is 88.7 Å². The number of hydrogen-bond acceptors (Lipinski definition) is 24. The van der Waals surface area contributed by atoms with Crippen molar-refractivity contribution in [3.05, 3.63) is 24.3 Å². The maximum Gasteiger partial charge on any atom is 0.472 e. The lowest BCUT2D eigenvalue weighted by molar-refractivity contribution is -0.360. The molecule has 0 aromatic rings. The number of carbonyl (C=O) groups is 4. The van der Waals surface area contributed by atoms with Crippen LogP contribution in [0.25, 0.3) is 0 Å². The fourth-order valence-electron chi connectivity index (χ4n) is 14.9. The molecule has 1 saturated carbocycles. The van der Waals surface area contributed by atoms with Gasteiger partial charge in [0.2, 0.25) is 0 Å². The van der Waals surface area contributed by atoms with Crippen molar-refractivity contribution >= 4 is 31.7 Å². The van der Waals surface area contributed by atoms with E-state index < -0.39 is 162 Å². The van der Waals surface area contributed by atoms with E-state index in [1.165, 1.54) is 167 Å². The van der Waals surface area contributed by atoms with E-state index in [9.17, 15) is 74.6 Å². The molecule has 0 amide bonds. The Morgan fingerprint density at radius 2 is 0.658 bits per heavy atom. The van der Waals surface area contributed by atoms with Crippen LogP contribution in [0.15, 0.2) is 24.3 Å². The lowest BCUT2D eigenvalue weighted by Crippen LogP contribution is -2.70. The average Bonchev–Trinajstić information content (AvgIpc) is 0.754. The largest absolute Gasteiger partial charge is 0.472 e. The van der Waals surface area contributed by atoms with Crippen molar-refractivity contribution < 1.29 is 122 Å². The predicted octanol–water partition coefficient (Wildman–Crippen LogP) is 16.2. The predicted molar refractivity (Wildman–Crippen MR) is 439 cm³/mol.